The minimum absolute atomic E-state index is 0.821. The maximum Gasteiger partial charge on any atom is 0.157 e. The molecular formula is C9H16N4S. The number of hydrogen-bond donors (Lipinski definition) is 1. The third-order valence-corrected chi connectivity index (χ3v) is 2.54. The Bertz CT molecular complexity index is 303. The van der Waals surface area contributed by atoms with Crippen LogP contribution in [0.3, 0.4) is 0 Å². The number of hydrogen-bond acceptors (Lipinski definition) is 5. The number of fused-ring (bicyclic) bond motifs is 1. The number of nitrogens with zero attached hydrogens (tertiary/aromatic N) is 3. The van der Waals surface area contributed by atoms with Gasteiger partial charge in [0.25, 0.3) is 0 Å². The first-order chi connectivity index (χ1) is 6.83. The summed E-state index contributed by atoms with van der Waals surface area (Å²) in [5.41, 5.74) is 1.06. The minimum Gasteiger partial charge on any atom is -0.363 e. The van der Waals surface area contributed by atoms with Crippen molar-refractivity contribution in [2.24, 2.45) is 0 Å². The molecule has 0 amide bonds. The third kappa shape index (κ3) is 1.92. The molecule has 2 heterocycles. The number of anilines is 2. The van der Waals surface area contributed by atoms with Crippen LogP contribution in [0, 0.1) is 0 Å². The van der Waals surface area contributed by atoms with E-state index in [1.807, 2.05) is 27.2 Å². The summed E-state index contributed by atoms with van der Waals surface area (Å²) in [6.07, 6.45) is 3.62. The summed E-state index contributed by atoms with van der Waals surface area (Å²) in [5.74, 6) is 0.995. The Balaban J connectivity index is 0.000000461. The highest BCUT2D eigenvalue weighted by Gasteiger charge is 2.19. The van der Waals surface area contributed by atoms with Crippen LogP contribution in [0.1, 0.15) is 13.8 Å². The number of nitrogens with one attached hydrogen (secondary N) is 1. The fraction of sp³-hybridized carbons (Fsp3) is 0.556. The van der Waals surface area contributed by atoms with Crippen molar-refractivity contribution in [2.45, 2.75) is 18.9 Å². The molecule has 0 fully saturated rings. The zero-order valence-electron chi connectivity index (χ0n) is 9.03. The van der Waals surface area contributed by atoms with Crippen LogP contribution in [0.5, 0.6) is 0 Å². The molecule has 78 valence electrons. The predicted octanol–water partition coefficient (Wildman–Crippen LogP) is 2.04. The number of aromatic nitrogens is 2. The van der Waals surface area contributed by atoms with Crippen molar-refractivity contribution >= 4 is 23.3 Å². The smallest absolute Gasteiger partial charge is 0.157 e. The molecule has 0 aliphatic carbocycles. The van der Waals surface area contributed by atoms with E-state index in [-0.39, 0.29) is 0 Å². The average Bonchev–Trinajstić information content (AvgIpc) is 2.64. The van der Waals surface area contributed by atoms with Crippen LogP contribution in [0.25, 0.3) is 0 Å². The van der Waals surface area contributed by atoms with Crippen molar-refractivity contribution in [3.05, 3.63) is 6.33 Å². The van der Waals surface area contributed by atoms with Crippen molar-refractivity contribution in [1.29, 1.82) is 0 Å². The second kappa shape index (κ2) is 5.05. The van der Waals surface area contributed by atoms with Gasteiger partial charge in [-0.3, -0.25) is 0 Å². The van der Waals surface area contributed by atoms with Gasteiger partial charge in [-0.15, -0.1) is 11.8 Å². The molecule has 0 saturated carbocycles. The molecule has 1 N–H and O–H groups in total. The van der Waals surface area contributed by atoms with Crippen molar-refractivity contribution in [3.8, 4) is 0 Å². The van der Waals surface area contributed by atoms with E-state index in [2.05, 4.69) is 20.2 Å². The zero-order valence-corrected chi connectivity index (χ0v) is 9.85. The molecule has 1 aliphatic heterocycles. The van der Waals surface area contributed by atoms with Gasteiger partial charge in [0.2, 0.25) is 0 Å². The van der Waals surface area contributed by atoms with Crippen LogP contribution in [-0.2, 0) is 0 Å². The van der Waals surface area contributed by atoms with Crippen LogP contribution in [0.15, 0.2) is 11.4 Å². The molecule has 0 bridgehead atoms. The lowest BCUT2D eigenvalue weighted by atomic mass is 10.5. The summed E-state index contributed by atoms with van der Waals surface area (Å²) in [5, 5.41) is 4.27. The Morgan fingerprint density at radius 1 is 1.43 bits per heavy atom. The first-order valence-corrected chi connectivity index (χ1v) is 5.89. The second-order valence-corrected chi connectivity index (χ2v) is 3.41. The maximum absolute atomic E-state index is 4.19. The summed E-state index contributed by atoms with van der Waals surface area (Å²) in [6, 6.07) is 0. The van der Waals surface area contributed by atoms with Crippen molar-refractivity contribution in [1.82, 2.24) is 9.97 Å². The number of rotatable bonds is 1. The van der Waals surface area contributed by atoms with Crippen molar-refractivity contribution in [2.75, 3.05) is 30.2 Å². The molecule has 2 rings (SSSR count). The lowest BCUT2D eigenvalue weighted by molar-refractivity contribution is 0.994. The van der Waals surface area contributed by atoms with Crippen molar-refractivity contribution < 1.29 is 0 Å². The molecule has 4 nitrogen and oxygen atoms in total. The maximum atomic E-state index is 4.19. The second-order valence-electron chi connectivity index (χ2n) is 2.61. The van der Waals surface area contributed by atoms with Crippen molar-refractivity contribution in [3.63, 3.8) is 0 Å². The Morgan fingerprint density at radius 3 is 2.79 bits per heavy atom. The van der Waals surface area contributed by atoms with E-state index >= 15 is 0 Å². The third-order valence-electron chi connectivity index (χ3n) is 1.84. The topological polar surface area (TPSA) is 41.1 Å². The van der Waals surface area contributed by atoms with Gasteiger partial charge in [-0.1, -0.05) is 13.8 Å². The van der Waals surface area contributed by atoms with E-state index in [1.165, 1.54) is 0 Å². The largest absolute Gasteiger partial charge is 0.363 e. The van der Waals surface area contributed by atoms with Gasteiger partial charge in [0.15, 0.2) is 5.82 Å². The molecule has 1 aromatic rings. The standard InChI is InChI=1S/C7H10N4S.C2H6/c1-11-4-10-5-6(11)8-3-9-7(5)12-2;1-2/h3,10H,4H2,1-2H3;1-2H3. The first-order valence-electron chi connectivity index (χ1n) is 4.67. The van der Waals surface area contributed by atoms with Gasteiger partial charge in [-0.25, -0.2) is 9.97 Å². The van der Waals surface area contributed by atoms with Gasteiger partial charge >= 0.3 is 0 Å². The molecule has 0 radical (unpaired) electrons. The fourth-order valence-electron chi connectivity index (χ4n) is 1.23. The Morgan fingerprint density at radius 2 is 2.14 bits per heavy atom. The Kier molecular flexibility index (Phi) is 4.00. The Labute approximate surface area is 89.1 Å². The quantitative estimate of drug-likeness (QED) is 0.570. The van der Waals surface area contributed by atoms with Gasteiger partial charge in [0.1, 0.15) is 17.0 Å². The molecule has 0 spiro atoms. The highest BCUT2D eigenvalue weighted by Crippen LogP contribution is 2.33. The van der Waals surface area contributed by atoms with Gasteiger partial charge in [0, 0.05) is 7.05 Å². The molecule has 1 aromatic heterocycles. The molecule has 0 atom stereocenters. The van der Waals surface area contributed by atoms with E-state index in [0.29, 0.717) is 0 Å². The number of thioether (sulfide) groups is 1. The summed E-state index contributed by atoms with van der Waals surface area (Å²) in [7, 11) is 2.01. The van der Waals surface area contributed by atoms with E-state index < -0.39 is 0 Å². The molecule has 5 heteroatoms. The van der Waals surface area contributed by atoms with E-state index in [9.17, 15) is 0 Å². The molecule has 0 aromatic carbocycles. The van der Waals surface area contributed by atoms with E-state index in [0.717, 1.165) is 23.2 Å². The predicted molar refractivity (Wildman–Crippen MR) is 62.1 cm³/mol. The SMILES string of the molecule is CC.CSc1ncnc2c1NCN2C. The van der Waals surface area contributed by atoms with E-state index in [4.69, 9.17) is 0 Å². The summed E-state index contributed by atoms with van der Waals surface area (Å²) < 4.78 is 0. The van der Waals surface area contributed by atoms with Crippen LogP contribution in [0.2, 0.25) is 0 Å². The normalized spacial score (nSPS) is 12.7. The van der Waals surface area contributed by atoms with E-state index in [1.54, 1.807) is 18.1 Å². The molecule has 1 aliphatic rings. The van der Waals surface area contributed by atoms with Crippen LogP contribution in [-0.4, -0.2) is 29.9 Å². The minimum atomic E-state index is 0.821. The summed E-state index contributed by atoms with van der Waals surface area (Å²) in [6.45, 7) is 4.82. The molecule has 14 heavy (non-hydrogen) atoms. The first kappa shape index (κ1) is 11.1. The highest BCUT2D eigenvalue weighted by molar-refractivity contribution is 7.98. The van der Waals surface area contributed by atoms with Gasteiger partial charge in [0.05, 0.1) is 6.67 Å². The highest BCUT2D eigenvalue weighted by atomic mass is 32.2. The van der Waals surface area contributed by atoms with Crippen LogP contribution in [0.4, 0.5) is 11.5 Å². The van der Waals surface area contributed by atoms with Gasteiger partial charge in [-0.2, -0.15) is 0 Å². The fourth-order valence-corrected chi connectivity index (χ4v) is 1.75. The molecular weight excluding hydrogens is 196 g/mol. The lowest BCUT2D eigenvalue weighted by Gasteiger charge is -2.07. The zero-order chi connectivity index (χ0) is 10.6. The summed E-state index contributed by atoms with van der Waals surface area (Å²) in [4.78, 5) is 10.4. The van der Waals surface area contributed by atoms with Crippen LogP contribution >= 0.6 is 11.8 Å². The van der Waals surface area contributed by atoms with Gasteiger partial charge < -0.3 is 10.2 Å². The van der Waals surface area contributed by atoms with Crippen LogP contribution < -0.4 is 10.2 Å². The monoisotopic (exact) mass is 212 g/mol. The lowest BCUT2D eigenvalue weighted by Crippen LogP contribution is -2.16. The average molecular weight is 212 g/mol. The molecule has 0 unspecified atom stereocenters. The Hall–Kier alpha value is -0.970. The van der Waals surface area contributed by atoms with Gasteiger partial charge in [-0.05, 0) is 6.26 Å². The summed E-state index contributed by atoms with van der Waals surface area (Å²) >= 11 is 1.64. The molecule has 0 saturated heterocycles.